The van der Waals surface area contributed by atoms with E-state index in [9.17, 15) is 5.11 Å². The molecule has 0 spiro atoms. The molecule has 2 atom stereocenters. The minimum absolute atomic E-state index is 0.376. The summed E-state index contributed by atoms with van der Waals surface area (Å²) in [7, 11) is 0. The number of hydrogen-bond donors (Lipinski definition) is 2. The lowest BCUT2D eigenvalue weighted by atomic mass is 9.85. The molecule has 3 heterocycles. The standard InChI is InChI=1S/C26H34N4O/c1-5-24-23(25-28-18(2)15-20(4)30(25)29-24)16-22-10-8-21(9-11-22)7-6-12-26(31)13-14-27-19(3)17-26/h6-11,15,19,27,31H,5,12-14,16-17H2,1-4H3/b7-6+/t19-,26-/m0/s1. The number of aryl methyl sites for hydroxylation is 3. The van der Waals surface area contributed by atoms with E-state index in [4.69, 9.17) is 10.1 Å². The van der Waals surface area contributed by atoms with Crippen LogP contribution in [0.1, 0.15) is 66.9 Å². The molecular formula is C26H34N4O. The van der Waals surface area contributed by atoms with E-state index in [1.54, 1.807) is 0 Å². The monoisotopic (exact) mass is 418 g/mol. The zero-order chi connectivity index (χ0) is 22.0. The van der Waals surface area contributed by atoms with Crippen molar-refractivity contribution in [2.24, 2.45) is 0 Å². The van der Waals surface area contributed by atoms with E-state index in [2.05, 4.69) is 68.6 Å². The fraction of sp³-hybridized carbons (Fsp3) is 0.462. The van der Waals surface area contributed by atoms with Crippen LogP contribution in [-0.4, -0.2) is 37.9 Å². The van der Waals surface area contributed by atoms with Crippen LogP contribution >= 0.6 is 0 Å². The molecule has 2 aromatic heterocycles. The molecule has 1 aliphatic rings. The van der Waals surface area contributed by atoms with E-state index < -0.39 is 5.60 Å². The van der Waals surface area contributed by atoms with Gasteiger partial charge >= 0.3 is 0 Å². The second-order valence-corrected chi connectivity index (χ2v) is 9.11. The quantitative estimate of drug-likeness (QED) is 0.623. The molecular weight excluding hydrogens is 384 g/mol. The highest BCUT2D eigenvalue weighted by Crippen LogP contribution is 2.26. The molecule has 0 bridgehead atoms. The van der Waals surface area contributed by atoms with Crippen LogP contribution in [0.5, 0.6) is 0 Å². The van der Waals surface area contributed by atoms with Crippen LogP contribution in [0.15, 0.2) is 36.4 Å². The van der Waals surface area contributed by atoms with Gasteiger partial charge in [0.15, 0.2) is 5.65 Å². The van der Waals surface area contributed by atoms with Gasteiger partial charge in [-0.3, -0.25) is 0 Å². The summed E-state index contributed by atoms with van der Waals surface area (Å²) >= 11 is 0. The Labute approximate surface area is 185 Å². The molecule has 1 fully saturated rings. The van der Waals surface area contributed by atoms with E-state index in [-0.39, 0.29) is 0 Å². The number of fused-ring (bicyclic) bond motifs is 1. The van der Waals surface area contributed by atoms with Crippen molar-refractivity contribution in [3.63, 3.8) is 0 Å². The van der Waals surface area contributed by atoms with Gasteiger partial charge in [0, 0.05) is 29.4 Å². The van der Waals surface area contributed by atoms with Gasteiger partial charge in [0.05, 0.1) is 11.3 Å². The number of aromatic nitrogens is 3. The van der Waals surface area contributed by atoms with Crippen LogP contribution < -0.4 is 5.32 Å². The van der Waals surface area contributed by atoms with E-state index in [1.807, 2.05) is 11.4 Å². The molecule has 0 saturated carbocycles. The zero-order valence-corrected chi connectivity index (χ0v) is 19.2. The first-order valence-corrected chi connectivity index (χ1v) is 11.4. The maximum atomic E-state index is 10.8. The number of piperidine rings is 1. The van der Waals surface area contributed by atoms with Crippen LogP contribution in [-0.2, 0) is 12.8 Å². The Hall–Kier alpha value is -2.50. The molecule has 0 aliphatic carbocycles. The molecule has 4 rings (SSSR count). The first-order valence-electron chi connectivity index (χ1n) is 11.4. The van der Waals surface area contributed by atoms with Gasteiger partial charge in [0.25, 0.3) is 0 Å². The largest absolute Gasteiger partial charge is 0.389 e. The Morgan fingerprint density at radius 3 is 2.74 bits per heavy atom. The van der Waals surface area contributed by atoms with Gasteiger partial charge in [-0.25, -0.2) is 9.50 Å². The van der Waals surface area contributed by atoms with Crippen molar-refractivity contribution in [1.82, 2.24) is 19.9 Å². The fourth-order valence-electron chi connectivity index (χ4n) is 4.72. The molecule has 31 heavy (non-hydrogen) atoms. The third-order valence-electron chi connectivity index (χ3n) is 6.35. The van der Waals surface area contributed by atoms with Crippen LogP contribution in [0.4, 0.5) is 0 Å². The highest BCUT2D eigenvalue weighted by atomic mass is 16.3. The summed E-state index contributed by atoms with van der Waals surface area (Å²) in [6.07, 6.45) is 8.29. The number of nitrogens with one attached hydrogen (secondary N) is 1. The molecule has 1 saturated heterocycles. The predicted octanol–water partition coefficient (Wildman–Crippen LogP) is 4.41. The maximum absolute atomic E-state index is 10.8. The van der Waals surface area contributed by atoms with E-state index in [1.165, 1.54) is 11.1 Å². The molecule has 164 valence electrons. The first kappa shape index (κ1) is 21.7. The summed E-state index contributed by atoms with van der Waals surface area (Å²) in [5, 5.41) is 19.0. The van der Waals surface area contributed by atoms with Crippen molar-refractivity contribution in [3.05, 3.63) is 70.2 Å². The summed E-state index contributed by atoms with van der Waals surface area (Å²) in [4.78, 5) is 4.78. The highest BCUT2D eigenvalue weighted by Gasteiger charge is 2.30. The number of aliphatic hydroxyl groups is 1. The average Bonchev–Trinajstić information content (AvgIpc) is 3.07. The predicted molar refractivity (Wildman–Crippen MR) is 126 cm³/mol. The first-order chi connectivity index (χ1) is 14.9. The molecule has 5 nitrogen and oxygen atoms in total. The minimum atomic E-state index is -0.579. The molecule has 0 radical (unpaired) electrons. The van der Waals surface area contributed by atoms with Crippen molar-refractivity contribution in [3.8, 4) is 0 Å². The zero-order valence-electron chi connectivity index (χ0n) is 19.2. The van der Waals surface area contributed by atoms with Crippen LogP contribution in [0, 0.1) is 13.8 Å². The molecule has 1 aromatic carbocycles. The Bertz CT molecular complexity index is 1080. The van der Waals surface area contributed by atoms with Gasteiger partial charge in [-0.15, -0.1) is 0 Å². The summed E-state index contributed by atoms with van der Waals surface area (Å²) in [5.41, 5.74) is 7.30. The number of hydrogen-bond acceptors (Lipinski definition) is 4. The third-order valence-corrected chi connectivity index (χ3v) is 6.35. The fourth-order valence-corrected chi connectivity index (χ4v) is 4.72. The second kappa shape index (κ2) is 8.93. The Morgan fingerprint density at radius 1 is 1.26 bits per heavy atom. The van der Waals surface area contributed by atoms with Gasteiger partial charge < -0.3 is 10.4 Å². The Balaban J connectivity index is 1.48. The van der Waals surface area contributed by atoms with Crippen molar-refractivity contribution < 1.29 is 5.11 Å². The number of rotatable bonds is 6. The lowest BCUT2D eigenvalue weighted by Gasteiger charge is -2.35. The lowest BCUT2D eigenvalue weighted by molar-refractivity contribution is 0.00128. The normalized spacial score (nSPS) is 21.9. The lowest BCUT2D eigenvalue weighted by Crippen LogP contribution is -2.46. The molecule has 1 aliphatic heterocycles. The van der Waals surface area contributed by atoms with Crippen molar-refractivity contribution in [1.29, 1.82) is 0 Å². The molecule has 0 unspecified atom stereocenters. The Kier molecular flexibility index (Phi) is 6.26. The minimum Gasteiger partial charge on any atom is -0.389 e. The summed E-state index contributed by atoms with van der Waals surface area (Å²) in [6.45, 7) is 9.30. The summed E-state index contributed by atoms with van der Waals surface area (Å²) in [6, 6.07) is 11.1. The number of benzene rings is 1. The molecule has 5 heteroatoms. The van der Waals surface area contributed by atoms with Crippen LogP contribution in [0.25, 0.3) is 11.7 Å². The molecule has 0 amide bonds. The van der Waals surface area contributed by atoms with Crippen LogP contribution in [0.2, 0.25) is 0 Å². The number of nitrogens with zero attached hydrogens (tertiary/aromatic N) is 3. The van der Waals surface area contributed by atoms with Crippen molar-refractivity contribution in [2.45, 2.75) is 71.4 Å². The van der Waals surface area contributed by atoms with Gasteiger partial charge in [-0.05, 0) is 70.2 Å². The topological polar surface area (TPSA) is 62.5 Å². The van der Waals surface area contributed by atoms with Crippen molar-refractivity contribution >= 4 is 11.7 Å². The van der Waals surface area contributed by atoms with Crippen molar-refractivity contribution in [2.75, 3.05) is 6.54 Å². The summed E-state index contributed by atoms with van der Waals surface area (Å²) < 4.78 is 1.98. The van der Waals surface area contributed by atoms with Gasteiger partial charge in [-0.1, -0.05) is 43.3 Å². The van der Waals surface area contributed by atoms with E-state index in [0.29, 0.717) is 12.5 Å². The van der Waals surface area contributed by atoms with Gasteiger partial charge in [0.2, 0.25) is 0 Å². The average molecular weight is 419 g/mol. The van der Waals surface area contributed by atoms with Gasteiger partial charge in [-0.2, -0.15) is 5.10 Å². The highest BCUT2D eigenvalue weighted by molar-refractivity contribution is 5.55. The smallest absolute Gasteiger partial charge is 0.159 e. The van der Waals surface area contributed by atoms with E-state index in [0.717, 1.165) is 60.5 Å². The molecule has 2 N–H and O–H groups in total. The third kappa shape index (κ3) is 4.89. The Morgan fingerprint density at radius 2 is 2.03 bits per heavy atom. The van der Waals surface area contributed by atoms with E-state index >= 15 is 0 Å². The maximum Gasteiger partial charge on any atom is 0.159 e. The van der Waals surface area contributed by atoms with Crippen LogP contribution in [0.3, 0.4) is 0 Å². The molecule has 3 aromatic rings. The van der Waals surface area contributed by atoms with Gasteiger partial charge in [0.1, 0.15) is 0 Å². The second-order valence-electron chi connectivity index (χ2n) is 9.11. The summed E-state index contributed by atoms with van der Waals surface area (Å²) in [5.74, 6) is 0. The SMILES string of the molecule is CCc1nn2c(C)cc(C)nc2c1Cc1ccc(/C=C/C[C@]2(O)CCN[C@@H](C)C2)cc1.